The Morgan fingerprint density at radius 2 is 1.78 bits per heavy atom. The van der Waals surface area contributed by atoms with Gasteiger partial charge in [-0.15, -0.1) is 0 Å². The summed E-state index contributed by atoms with van der Waals surface area (Å²) in [6, 6.07) is 16.0. The van der Waals surface area contributed by atoms with Crippen LogP contribution in [0, 0.1) is 0 Å². The fraction of sp³-hybridized carbons (Fsp3) is 0.0556. The van der Waals surface area contributed by atoms with E-state index in [1.165, 1.54) is 5.56 Å². The molecule has 4 nitrogen and oxygen atoms in total. The van der Waals surface area contributed by atoms with Crippen LogP contribution in [0.1, 0.15) is 11.3 Å². The van der Waals surface area contributed by atoms with Crippen LogP contribution >= 0.6 is 15.9 Å². The van der Waals surface area contributed by atoms with Crippen molar-refractivity contribution in [3.8, 4) is 11.5 Å². The summed E-state index contributed by atoms with van der Waals surface area (Å²) in [4.78, 5) is 16.9. The van der Waals surface area contributed by atoms with Gasteiger partial charge in [0.25, 0.3) is 0 Å². The molecule has 0 amide bonds. The lowest BCUT2D eigenvalue weighted by Crippen LogP contribution is -1.93. The van der Waals surface area contributed by atoms with Crippen molar-refractivity contribution in [3.05, 3.63) is 76.7 Å². The summed E-state index contributed by atoms with van der Waals surface area (Å²) in [5.41, 5.74) is 4.88. The van der Waals surface area contributed by atoms with Crippen molar-refractivity contribution in [2.45, 2.75) is 6.42 Å². The summed E-state index contributed by atoms with van der Waals surface area (Å²) in [5, 5.41) is 0. The first-order valence-electron chi connectivity index (χ1n) is 7.29. The number of nitrogens with zero attached hydrogens (tertiary/aromatic N) is 3. The van der Waals surface area contributed by atoms with Gasteiger partial charge in [0.05, 0.1) is 11.2 Å². The number of fused-ring (bicyclic) bond motifs is 1. The van der Waals surface area contributed by atoms with Gasteiger partial charge in [0.15, 0.2) is 5.82 Å². The maximum absolute atomic E-state index is 4.71. The first-order valence-corrected chi connectivity index (χ1v) is 8.08. The van der Waals surface area contributed by atoms with Crippen molar-refractivity contribution in [2.24, 2.45) is 0 Å². The molecule has 0 unspecified atom stereocenters. The molecule has 0 bridgehead atoms. The Labute approximate surface area is 141 Å². The van der Waals surface area contributed by atoms with Crippen molar-refractivity contribution in [2.75, 3.05) is 0 Å². The minimum absolute atomic E-state index is 0.747. The highest BCUT2D eigenvalue weighted by molar-refractivity contribution is 9.10. The zero-order valence-corrected chi connectivity index (χ0v) is 13.8. The molecule has 0 saturated carbocycles. The van der Waals surface area contributed by atoms with Crippen LogP contribution in [0.3, 0.4) is 0 Å². The Hall–Kier alpha value is -2.53. The number of H-pyrrole nitrogens is 1. The third-order valence-corrected chi connectivity index (χ3v) is 4.20. The lowest BCUT2D eigenvalue weighted by molar-refractivity contribution is 1.09. The number of nitrogens with one attached hydrogen (secondary N) is 1. The van der Waals surface area contributed by atoms with Crippen LogP contribution in [0.4, 0.5) is 0 Å². The smallest absolute Gasteiger partial charge is 0.157 e. The maximum Gasteiger partial charge on any atom is 0.157 e. The van der Waals surface area contributed by atoms with E-state index in [1.54, 1.807) is 6.20 Å². The molecule has 1 aromatic carbocycles. The first-order chi connectivity index (χ1) is 11.3. The molecule has 0 fully saturated rings. The Morgan fingerprint density at radius 1 is 0.913 bits per heavy atom. The van der Waals surface area contributed by atoms with Crippen molar-refractivity contribution < 1.29 is 0 Å². The zero-order chi connectivity index (χ0) is 15.6. The van der Waals surface area contributed by atoms with E-state index in [2.05, 4.69) is 43.0 Å². The van der Waals surface area contributed by atoms with E-state index in [0.29, 0.717) is 0 Å². The van der Waals surface area contributed by atoms with Crippen LogP contribution < -0.4 is 0 Å². The number of pyridine rings is 2. The van der Waals surface area contributed by atoms with Gasteiger partial charge in [-0.25, -0.2) is 4.98 Å². The van der Waals surface area contributed by atoms with Gasteiger partial charge in [-0.1, -0.05) is 34.1 Å². The molecule has 0 spiro atoms. The average molecular weight is 365 g/mol. The molecule has 5 heteroatoms. The summed E-state index contributed by atoms with van der Waals surface area (Å²) in [7, 11) is 0. The van der Waals surface area contributed by atoms with Crippen LogP contribution in [0.2, 0.25) is 0 Å². The number of imidazole rings is 1. The molecule has 0 aliphatic rings. The maximum atomic E-state index is 4.71. The lowest BCUT2D eigenvalue weighted by atomic mass is 10.1. The molecule has 1 N–H and O–H groups in total. The summed E-state index contributed by atoms with van der Waals surface area (Å²) in [5.74, 6) is 0.769. The highest BCUT2D eigenvalue weighted by atomic mass is 79.9. The minimum Gasteiger partial charge on any atom is -0.337 e. The Kier molecular flexibility index (Phi) is 3.63. The second-order valence-electron chi connectivity index (χ2n) is 5.26. The second-order valence-corrected chi connectivity index (χ2v) is 6.17. The van der Waals surface area contributed by atoms with Crippen molar-refractivity contribution >= 4 is 27.0 Å². The van der Waals surface area contributed by atoms with Gasteiger partial charge >= 0.3 is 0 Å². The number of hydrogen-bond acceptors (Lipinski definition) is 3. The molecule has 3 heterocycles. The minimum atomic E-state index is 0.747. The normalized spacial score (nSPS) is 11.0. The Bertz CT molecular complexity index is 946. The molecule has 0 aliphatic carbocycles. The van der Waals surface area contributed by atoms with E-state index in [-0.39, 0.29) is 0 Å². The lowest BCUT2D eigenvalue weighted by Gasteiger charge is -2.02. The first kappa shape index (κ1) is 14.1. The molecule has 112 valence electrons. The van der Waals surface area contributed by atoms with E-state index >= 15 is 0 Å². The third-order valence-electron chi connectivity index (χ3n) is 3.67. The quantitative estimate of drug-likeness (QED) is 0.587. The fourth-order valence-corrected chi connectivity index (χ4v) is 2.80. The molecule has 0 aliphatic heterocycles. The number of aromatic amines is 1. The monoisotopic (exact) mass is 364 g/mol. The van der Waals surface area contributed by atoms with E-state index < -0.39 is 0 Å². The van der Waals surface area contributed by atoms with E-state index in [9.17, 15) is 0 Å². The summed E-state index contributed by atoms with van der Waals surface area (Å²) in [6.07, 6.45) is 4.33. The average Bonchev–Trinajstić information content (AvgIpc) is 3.03. The summed E-state index contributed by atoms with van der Waals surface area (Å²) < 4.78 is 1.07. The molecule has 0 atom stereocenters. The molecular weight excluding hydrogens is 352 g/mol. The van der Waals surface area contributed by atoms with Crippen molar-refractivity contribution in [1.29, 1.82) is 0 Å². The highest BCUT2D eigenvalue weighted by Gasteiger charge is 2.11. The van der Waals surface area contributed by atoms with Gasteiger partial charge in [-0.3, -0.25) is 9.97 Å². The van der Waals surface area contributed by atoms with E-state index in [4.69, 9.17) is 4.98 Å². The molecule has 3 aromatic heterocycles. The second kappa shape index (κ2) is 5.93. The fourth-order valence-electron chi connectivity index (χ4n) is 2.54. The number of aromatic nitrogens is 4. The van der Waals surface area contributed by atoms with Crippen LogP contribution in [-0.4, -0.2) is 19.9 Å². The molecule has 0 saturated heterocycles. The number of benzene rings is 1. The highest BCUT2D eigenvalue weighted by Crippen LogP contribution is 2.22. The SMILES string of the molecule is Brc1ccc(Cc2nccc3[nH]c(-c4ccccn4)nc23)cc1. The number of rotatable bonds is 3. The summed E-state index contributed by atoms with van der Waals surface area (Å²) >= 11 is 3.46. The molecule has 0 radical (unpaired) electrons. The number of halogens is 1. The topological polar surface area (TPSA) is 54.5 Å². The molecule has 23 heavy (non-hydrogen) atoms. The molecule has 4 aromatic rings. The standard InChI is InChI=1S/C18H13BrN4/c19-13-6-4-12(5-7-13)11-16-17-14(8-10-21-16)22-18(23-17)15-3-1-2-9-20-15/h1-10H,11H2,(H,22,23). The predicted octanol–water partition coefficient (Wildman–Crippen LogP) is 4.37. The third kappa shape index (κ3) is 2.87. The predicted molar refractivity (Wildman–Crippen MR) is 94.1 cm³/mol. The van der Waals surface area contributed by atoms with E-state index in [0.717, 1.165) is 39.1 Å². The van der Waals surface area contributed by atoms with Gasteiger partial charge in [0, 0.05) is 23.3 Å². The number of hydrogen-bond donors (Lipinski definition) is 1. The zero-order valence-electron chi connectivity index (χ0n) is 12.2. The molecular formula is C18H13BrN4. The summed E-state index contributed by atoms with van der Waals surface area (Å²) in [6.45, 7) is 0. The molecule has 4 rings (SSSR count). The van der Waals surface area contributed by atoms with Gasteiger partial charge in [-0.05, 0) is 35.9 Å². The van der Waals surface area contributed by atoms with Gasteiger partial charge < -0.3 is 4.98 Å². The van der Waals surface area contributed by atoms with Crippen molar-refractivity contribution in [3.63, 3.8) is 0 Å². The van der Waals surface area contributed by atoms with Crippen LogP contribution in [0.5, 0.6) is 0 Å². The van der Waals surface area contributed by atoms with Crippen LogP contribution in [0.15, 0.2) is 65.4 Å². The Balaban J connectivity index is 1.75. The van der Waals surface area contributed by atoms with Gasteiger partial charge in [0.1, 0.15) is 11.2 Å². The van der Waals surface area contributed by atoms with Crippen LogP contribution in [0.25, 0.3) is 22.6 Å². The van der Waals surface area contributed by atoms with Gasteiger partial charge in [-0.2, -0.15) is 0 Å². The van der Waals surface area contributed by atoms with Crippen molar-refractivity contribution in [1.82, 2.24) is 19.9 Å². The van der Waals surface area contributed by atoms with E-state index in [1.807, 2.05) is 42.6 Å². The van der Waals surface area contributed by atoms with Gasteiger partial charge in [0.2, 0.25) is 0 Å². The van der Waals surface area contributed by atoms with Crippen LogP contribution in [-0.2, 0) is 6.42 Å². The largest absolute Gasteiger partial charge is 0.337 e. The Morgan fingerprint density at radius 3 is 2.57 bits per heavy atom.